The van der Waals surface area contributed by atoms with Crippen LogP contribution in [0.4, 0.5) is 0 Å². The number of carboxylic acid groups (broad SMARTS) is 1. The molecule has 2 bridgehead atoms. The van der Waals surface area contributed by atoms with E-state index in [-0.39, 0.29) is 29.3 Å². The van der Waals surface area contributed by atoms with Crippen LogP contribution in [0.3, 0.4) is 0 Å². The molecule has 5 heteroatoms. The van der Waals surface area contributed by atoms with Gasteiger partial charge in [0.15, 0.2) is 0 Å². The van der Waals surface area contributed by atoms with E-state index in [2.05, 4.69) is 26.8 Å². The standard InChI is InChI=1S/C24H39NO4/c1-9-22(6,15-25)14-23(7,13-20(2,3)18(26)27)19(28)29-17-12-16-10-11-24(17,8)21(16,4)5/h16-17H,9-14H2,1-8H3,(H,26,27). The smallest absolute Gasteiger partial charge is 0.312 e. The molecule has 29 heavy (non-hydrogen) atoms. The van der Waals surface area contributed by atoms with Crippen LogP contribution in [0.2, 0.25) is 0 Å². The van der Waals surface area contributed by atoms with Gasteiger partial charge in [-0.3, -0.25) is 9.59 Å². The van der Waals surface area contributed by atoms with Crippen molar-refractivity contribution in [1.82, 2.24) is 0 Å². The Morgan fingerprint density at radius 1 is 1.17 bits per heavy atom. The molecule has 0 spiro atoms. The lowest BCUT2D eigenvalue weighted by Crippen LogP contribution is -2.45. The number of nitrogens with zero attached hydrogens (tertiary/aromatic N) is 1. The highest BCUT2D eigenvalue weighted by Crippen LogP contribution is 2.66. The van der Waals surface area contributed by atoms with Gasteiger partial charge in [-0.05, 0) is 77.6 Å². The molecule has 164 valence electrons. The monoisotopic (exact) mass is 405 g/mol. The molecular formula is C24H39NO4. The molecular weight excluding hydrogens is 366 g/mol. The zero-order chi connectivity index (χ0) is 22.5. The molecule has 1 N–H and O–H groups in total. The van der Waals surface area contributed by atoms with Crippen LogP contribution in [0.15, 0.2) is 0 Å². The SMILES string of the molecule is CCC(C)(C#N)CC(C)(CC(C)(C)C(=O)O)C(=O)OC1CC2CCC1(C)C2(C)C. The molecule has 2 rings (SSSR count). The van der Waals surface area contributed by atoms with Crippen LogP contribution < -0.4 is 0 Å². The fraction of sp³-hybridized carbons (Fsp3) is 0.875. The first kappa shape index (κ1) is 23.7. The molecule has 0 aromatic carbocycles. The second kappa shape index (κ2) is 7.29. The van der Waals surface area contributed by atoms with Crippen molar-refractivity contribution < 1.29 is 19.4 Å². The van der Waals surface area contributed by atoms with Crippen LogP contribution in [-0.2, 0) is 14.3 Å². The number of carbonyl (C=O) groups excluding carboxylic acids is 1. The molecule has 2 saturated carbocycles. The minimum absolute atomic E-state index is 0.0557. The van der Waals surface area contributed by atoms with Crippen LogP contribution in [0.25, 0.3) is 0 Å². The van der Waals surface area contributed by atoms with Gasteiger partial charge in [0.05, 0.1) is 22.3 Å². The number of ether oxygens (including phenoxy) is 1. The van der Waals surface area contributed by atoms with E-state index >= 15 is 0 Å². The minimum atomic E-state index is -1.09. The zero-order valence-corrected chi connectivity index (χ0v) is 19.5. The van der Waals surface area contributed by atoms with E-state index in [4.69, 9.17) is 4.74 Å². The van der Waals surface area contributed by atoms with E-state index in [9.17, 15) is 20.0 Å². The quantitative estimate of drug-likeness (QED) is 0.532. The number of hydrogen-bond donors (Lipinski definition) is 1. The van der Waals surface area contributed by atoms with Crippen LogP contribution in [0.1, 0.15) is 93.9 Å². The third-order valence-electron chi connectivity index (χ3n) is 8.70. The maximum absolute atomic E-state index is 13.5. The van der Waals surface area contributed by atoms with Crippen molar-refractivity contribution in [3.8, 4) is 6.07 Å². The number of rotatable bonds is 8. The minimum Gasteiger partial charge on any atom is -0.481 e. The van der Waals surface area contributed by atoms with E-state index in [1.54, 1.807) is 20.8 Å². The van der Waals surface area contributed by atoms with Gasteiger partial charge in [0.25, 0.3) is 0 Å². The van der Waals surface area contributed by atoms with Crippen molar-refractivity contribution in [2.24, 2.45) is 33.0 Å². The summed E-state index contributed by atoms with van der Waals surface area (Å²) < 4.78 is 6.17. The normalized spacial score (nSPS) is 32.1. The Labute approximate surface area is 176 Å². The molecule has 0 amide bonds. The summed E-state index contributed by atoms with van der Waals surface area (Å²) in [7, 11) is 0. The van der Waals surface area contributed by atoms with E-state index in [1.165, 1.54) is 6.42 Å². The van der Waals surface area contributed by atoms with E-state index in [1.807, 2.05) is 13.8 Å². The summed E-state index contributed by atoms with van der Waals surface area (Å²) in [5.41, 5.74) is -2.76. The topological polar surface area (TPSA) is 87.4 Å². The average molecular weight is 406 g/mol. The van der Waals surface area contributed by atoms with Gasteiger partial charge in [0, 0.05) is 5.41 Å². The van der Waals surface area contributed by atoms with Crippen molar-refractivity contribution in [1.29, 1.82) is 5.26 Å². The highest BCUT2D eigenvalue weighted by molar-refractivity contribution is 5.80. The number of esters is 1. The number of carboxylic acids is 1. The van der Waals surface area contributed by atoms with Crippen molar-refractivity contribution in [2.75, 3.05) is 0 Å². The molecule has 0 aliphatic heterocycles. The summed E-state index contributed by atoms with van der Waals surface area (Å²) in [5, 5.41) is 19.4. The average Bonchev–Trinajstić information content (AvgIpc) is 2.94. The number of carbonyl (C=O) groups is 2. The Morgan fingerprint density at radius 3 is 2.14 bits per heavy atom. The first-order valence-corrected chi connectivity index (χ1v) is 10.9. The molecule has 2 aliphatic rings. The predicted molar refractivity (Wildman–Crippen MR) is 112 cm³/mol. The molecule has 0 saturated heterocycles. The molecule has 2 fully saturated rings. The van der Waals surface area contributed by atoms with Crippen LogP contribution >= 0.6 is 0 Å². The van der Waals surface area contributed by atoms with Gasteiger partial charge in [-0.1, -0.05) is 27.7 Å². The third-order valence-corrected chi connectivity index (χ3v) is 8.70. The third kappa shape index (κ3) is 3.92. The second-order valence-electron chi connectivity index (χ2n) is 11.6. The fourth-order valence-electron chi connectivity index (χ4n) is 5.94. The number of aliphatic carboxylic acids is 1. The fourth-order valence-corrected chi connectivity index (χ4v) is 5.94. The van der Waals surface area contributed by atoms with E-state index < -0.39 is 22.2 Å². The summed E-state index contributed by atoms with van der Waals surface area (Å²) >= 11 is 0. The van der Waals surface area contributed by atoms with E-state index in [0.29, 0.717) is 18.8 Å². The van der Waals surface area contributed by atoms with Gasteiger partial charge in [0.1, 0.15) is 6.10 Å². The summed E-state index contributed by atoms with van der Waals surface area (Å²) in [4.78, 5) is 25.3. The van der Waals surface area contributed by atoms with Crippen molar-refractivity contribution in [3.05, 3.63) is 0 Å². The van der Waals surface area contributed by atoms with Crippen molar-refractivity contribution in [2.45, 2.75) is 100 Å². The second-order valence-corrected chi connectivity index (χ2v) is 11.6. The molecule has 0 heterocycles. The molecule has 5 atom stereocenters. The largest absolute Gasteiger partial charge is 0.481 e. The predicted octanol–water partition coefficient (Wildman–Crippen LogP) is 5.58. The van der Waals surface area contributed by atoms with Crippen LogP contribution in [0.5, 0.6) is 0 Å². The summed E-state index contributed by atoms with van der Waals surface area (Å²) in [6, 6.07) is 2.34. The summed E-state index contributed by atoms with van der Waals surface area (Å²) in [6.45, 7) is 15.6. The lowest BCUT2D eigenvalue weighted by atomic mass is 9.65. The van der Waals surface area contributed by atoms with Gasteiger partial charge in [0.2, 0.25) is 0 Å². The lowest BCUT2D eigenvalue weighted by molar-refractivity contribution is -0.173. The molecule has 0 radical (unpaired) electrons. The molecule has 0 aromatic heterocycles. The maximum Gasteiger partial charge on any atom is 0.312 e. The molecule has 0 aromatic rings. The van der Waals surface area contributed by atoms with Gasteiger partial charge in [-0.15, -0.1) is 0 Å². The number of fused-ring (bicyclic) bond motifs is 2. The molecule has 2 aliphatic carbocycles. The lowest BCUT2D eigenvalue weighted by Gasteiger charge is -2.42. The zero-order valence-electron chi connectivity index (χ0n) is 19.5. The van der Waals surface area contributed by atoms with Crippen LogP contribution in [0, 0.1) is 44.3 Å². The Morgan fingerprint density at radius 2 is 1.76 bits per heavy atom. The highest BCUT2D eigenvalue weighted by Gasteiger charge is 2.63. The van der Waals surface area contributed by atoms with Gasteiger partial charge in [-0.25, -0.2) is 0 Å². The number of hydrogen-bond acceptors (Lipinski definition) is 4. The highest BCUT2D eigenvalue weighted by atomic mass is 16.5. The van der Waals surface area contributed by atoms with Crippen molar-refractivity contribution >= 4 is 11.9 Å². The van der Waals surface area contributed by atoms with Gasteiger partial charge < -0.3 is 9.84 Å². The Kier molecular flexibility index (Phi) is 5.96. The molecule has 5 nitrogen and oxygen atoms in total. The van der Waals surface area contributed by atoms with Crippen molar-refractivity contribution in [3.63, 3.8) is 0 Å². The Balaban J connectivity index is 2.33. The van der Waals surface area contributed by atoms with Crippen LogP contribution in [-0.4, -0.2) is 23.1 Å². The number of nitriles is 1. The first-order valence-electron chi connectivity index (χ1n) is 10.9. The first-order chi connectivity index (χ1) is 13.1. The Hall–Kier alpha value is -1.57. The molecule has 5 unspecified atom stereocenters. The van der Waals surface area contributed by atoms with Gasteiger partial charge in [-0.2, -0.15) is 5.26 Å². The summed E-state index contributed by atoms with van der Waals surface area (Å²) in [5.74, 6) is -0.747. The Bertz CT molecular complexity index is 721. The maximum atomic E-state index is 13.5. The van der Waals surface area contributed by atoms with E-state index in [0.717, 1.165) is 12.8 Å². The summed E-state index contributed by atoms with van der Waals surface area (Å²) in [6.07, 6.45) is 3.97. The van der Waals surface area contributed by atoms with Gasteiger partial charge >= 0.3 is 11.9 Å².